The minimum atomic E-state index is -0.433. The Kier molecular flexibility index (Phi) is 4.24. The Bertz CT molecular complexity index is 1030. The number of fused-ring (bicyclic) bond motifs is 2. The summed E-state index contributed by atoms with van der Waals surface area (Å²) in [5, 5.41) is 3.81. The molecule has 1 N–H and O–H groups in total. The molecule has 0 atom stereocenters. The van der Waals surface area contributed by atoms with E-state index in [1.807, 2.05) is 30.5 Å². The van der Waals surface area contributed by atoms with Gasteiger partial charge in [0.05, 0.1) is 11.1 Å². The second-order valence-electron chi connectivity index (χ2n) is 6.57. The Labute approximate surface area is 156 Å². The first-order chi connectivity index (χ1) is 13.1. The van der Waals surface area contributed by atoms with E-state index in [0.717, 1.165) is 28.8 Å². The lowest BCUT2D eigenvalue weighted by Crippen LogP contribution is -2.37. The third-order valence-electron chi connectivity index (χ3n) is 4.70. The topological polar surface area (TPSA) is 71.4 Å². The number of nitrogens with one attached hydrogen (secondary N) is 1. The molecular weight excluding hydrogens is 342 g/mol. The molecule has 1 aliphatic heterocycles. The van der Waals surface area contributed by atoms with Crippen LogP contribution in [0.5, 0.6) is 0 Å². The first-order valence-electron chi connectivity index (χ1n) is 8.92. The summed E-state index contributed by atoms with van der Waals surface area (Å²) in [5.74, 6) is -1.27. The minimum absolute atomic E-state index is 0.304. The van der Waals surface area contributed by atoms with Gasteiger partial charge in [0, 0.05) is 29.3 Å². The number of aromatic nitrogens is 1. The molecule has 0 unspecified atom stereocenters. The Balaban J connectivity index is 1.48. The molecule has 0 saturated heterocycles. The molecule has 1 aromatic heterocycles. The summed E-state index contributed by atoms with van der Waals surface area (Å²) >= 11 is 0. The van der Waals surface area contributed by atoms with Crippen molar-refractivity contribution in [2.45, 2.75) is 19.9 Å². The highest BCUT2D eigenvalue weighted by Crippen LogP contribution is 2.23. The second kappa shape index (κ2) is 6.72. The van der Waals surface area contributed by atoms with E-state index in [0.29, 0.717) is 16.8 Å². The number of amides is 3. The lowest BCUT2D eigenvalue weighted by Gasteiger charge is -2.14. The van der Waals surface area contributed by atoms with Gasteiger partial charge in [0.1, 0.15) is 6.54 Å². The van der Waals surface area contributed by atoms with E-state index in [-0.39, 0.29) is 6.54 Å². The van der Waals surface area contributed by atoms with Crippen molar-refractivity contribution in [3.05, 3.63) is 65.9 Å². The summed E-state index contributed by atoms with van der Waals surface area (Å²) in [6.07, 6.45) is 3.07. The van der Waals surface area contributed by atoms with E-state index >= 15 is 0 Å². The van der Waals surface area contributed by atoms with Crippen LogP contribution in [0.1, 0.15) is 34.1 Å². The minimum Gasteiger partial charge on any atom is -0.347 e. The second-order valence-corrected chi connectivity index (χ2v) is 6.57. The average Bonchev–Trinajstić information content (AvgIpc) is 3.17. The molecular formula is C21H19N3O3. The van der Waals surface area contributed by atoms with Crippen molar-refractivity contribution in [3.63, 3.8) is 0 Å². The predicted octanol–water partition coefficient (Wildman–Crippen LogP) is 3.29. The van der Waals surface area contributed by atoms with Crippen LogP contribution in [0.3, 0.4) is 0 Å². The van der Waals surface area contributed by atoms with Crippen molar-refractivity contribution >= 4 is 34.3 Å². The smallest absolute Gasteiger partial charge is 0.262 e. The summed E-state index contributed by atoms with van der Waals surface area (Å²) in [6.45, 7) is 2.76. The number of carbonyl (C=O) groups excluding carboxylic acids is 3. The van der Waals surface area contributed by atoms with Crippen LogP contribution in [0.4, 0.5) is 5.69 Å². The number of aryl methyl sites for hydroxylation is 1. The van der Waals surface area contributed by atoms with Crippen molar-refractivity contribution in [1.29, 1.82) is 0 Å². The van der Waals surface area contributed by atoms with Crippen molar-refractivity contribution in [2.24, 2.45) is 0 Å². The monoisotopic (exact) mass is 361 g/mol. The van der Waals surface area contributed by atoms with Gasteiger partial charge in [-0.25, -0.2) is 0 Å². The first kappa shape index (κ1) is 17.0. The molecule has 0 saturated carbocycles. The van der Waals surface area contributed by atoms with Gasteiger partial charge in [-0.15, -0.1) is 0 Å². The molecule has 2 heterocycles. The fourth-order valence-corrected chi connectivity index (χ4v) is 3.44. The highest BCUT2D eigenvalue weighted by Gasteiger charge is 2.36. The van der Waals surface area contributed by atoms with Gasteiger partial charge in [0.25, 0.3) is 11.8 Å². The summed E-state index contributed by atoms with van der Waals surface area (Å²) < 4.78 is 2.17. The number of hydrogen-bond acceptors (Lipinski definition) is 3. The average molecular weight is 361 g/mol. The maximum Gasteiger partial charge on any atom is 0.262 e. The molecule has 136 valence electrons. The van der Waals surface area contributed by atoms with E-state index in [2.05, 4.69) is 16.8 Å². The highest BCUT2D eigenvalue weighted by atomic mass is 16.2. The third kappa shape index (κ3) is 2.99. The standard InChI is InChI=1S/C21H19N3O3/c1-2-10-23-11-9-14-12-15(7-8-18(14)23)22-19(25)13-24-20(26)16-5-3-4-6-17(16)21(24)27/h3-9,11-12H,2,10,13H2,1H3,(H,22,25). The molecule has 27 heavy (non-hydrogen) atoms. The largest absolute Gasteiger partial charge is 0.347 e. The Morgan fingerprint density at radius 2 is 1.70 bits per heavy atom. The molecule has 2 aromatic carbocycles. The van der Waals surface area contributed by atoms with E-state index in [4.69, 9.17) is 0 Å². The molecule has 0 radical (unpaired) electrons. The summed E-state index contributed by atoms with van der Waals surface area (Å²) in [6, 6.07) is 14.3. The molecule has 3 aromatic rings. The van der Waals surface area contributed by atoms with E-state index in [1.54, 1.807) is 24.3 Å². The lowest BCUT2D eigenvalue weighted by molar-refractivity contribution is -0.116. The molecule has 6 nitrogen and oxygen atoms in total. The molecule has 6 heteroatoms. The van der Waals surface area contributed by atoms with Crippen LogP contribution in [-0.2, 0) is 11.3 Å². The van der Waals surface area contributed by atoms with Crippen molar-refractivity contribution in [3.8, 4) is 0 Å². The van der Waals surface area contributed by atoms with Gasteiger partial charge in [-0.2, -0.15) is 0 Å². The van der Waals surface area contributed by atoms with Gasteiger partial charge in [-0.05, 0) is 42.8 Å². The van der Waals surface area contributed by atoms with Crippen LogP contribution in [0.15, 0.2) is 54.7 Å². The van der Waals surface area contributed by atoms with Gasteiger partial charge in [-0.1, -0.05) is 19.1 Å². The van der Waals surface area contributed by atoms with Gasteiger partial charge in [-0.3, -0.25) is 19.3 Å². The molecule has 4 rings (SSSR count). The quantitative estimate of drug-likeness (QED) is 0.709. The number of hydrogen-bond donors (Lipinski definition) is 1. The van der Waals surface area contributed by atoms with Crippen molar-refractivity contribution in [1.82, 2.24) is 9.47 Å². The highest BCUT2D eigenvalue weighted by molar-refractivity contribution is 6.22. The van der Waals surface area contributed by atoms with Crippen molar-refractivity contribution in [2.75, 3.05) is 11.9 Å². The Morgan fingerprint density at radius 3 is 2.37 bits per heavy atom. The molecule has 0 spiro atoms. The molecule has 3 amide bonds. The Morgan fingerprint density at radius 1 is 1.00 bits per heavy atom. The third-order valence-corrected chi connectivity index (χ3v) is 4.70. The van der Waals surface area contributed by atoms with Crippen LogP contribution < -0.4 is 5.32 Å². The number of imide groups is 1. The fraction of sp³-hybridized carbons (Fsp3) is 0.190. The fourth-order valence-electron chi connectivity index (χ4n) is 3.44. The van der Waals surface area contributed by atoms with E-state index in [1.165, 1.54) is 0 Å². The van der Waals surface area contributed by atoms with Gasteiger partial charge < -0.3 is 9.88 Å². The number of rotatable bonds is 5. The van der Waals surface area contributed by atoms with Gasteiger partial charge in [0.15, 0.2) is 0 Å². The zero-order valence-electron chi connectivity index (χ0n) is 14.9. The van der Waals surface area contributed by atoms with Crippen LogP contribution >= 0.6 is 0 Å². The van der Waals surface area contributed by atoms with Crippen LogP contribution in [0.2, 0.25) is 0 Å². The maximum atomic E-state index is 12.4. The van der Waals surface area contributed by atoms with E-state index < -0.39 is 17.7 Å². The molecule has 0 bridgehead atoms. The first-order valence-corrected chi connectivity index (χ1v) is 8.92. The molecule has 0 fully saturated rings. The summed E-state index contributed by atoms with van der Waals surface area (Å²) in [7, 11) is 0. The van der Waals surface area contributed by atoms with Crippen LogP contribution in [-0.4, -0.2) is 33.7 Å². The van der Waals surface area contributed by atoms with Crippen molar-refractivity contribution < 1.29 is 14.4 Å². The number of nitrogens with zero attached hydrogens (tertiary/aromatic N) is 2. The maximum absolute atomic E-state index is 12.4. The lowest BCUT2D eigenvalue weighted by atomic mass is 10.1. The summed E-state index contributed by atoms with van der Waals surface area (Å²) in [4.78, 5) is 38.1. The van der Waals surface area contributed by atoms with Gasteiger partial charge in [0.2, 0.25) is 5.91 Å². The zero-order valence-corrected chi connectivity index (χ0v) is 14.9. The zero-order chi connectivity index (χ0) is 19.0. The SMILES string of the molecule is CCCn1ccc2cc(NC(=O)CN3C(=O)c4ccccc4C3=O)ccc21. The van der Waals surface area contributed by atoms with Crippen LogP contribution in [0, 0.1) is 0 Å². The van der Waals surface area contributed by atoms with Gasteiger partial charge >= 0.3 is 0 Å². The van der Waals surface area contributed by atoms with Crippen LogP contribution in [0.25, 0.3) is 10.9 Å². The predicted molar refractivity (Wildman–Crippen MR) is 103 cm³/mol. The normalized spacial score (nSPS) is 13.3. The van der Waals surface area contributed by atoms with E-state index in [9.17, 15) is 14.4 Å². The molecule has 1 aliphatic rings. The number of anilines is 1. The molecule has 0 aliphatic carbocycles. The number of carbonyl (C=O) groups is 3. The summed E-state index contributed by atoms with van der Waals surface area (Å²) in [5.41, 5.74) is 2.43. The Hall–Kier alpha value is -3.41. The number of benzene rings is 2.